The van der Waals surface area contributed by atoms with Gasteiger partial charge in [-0.2, -0.15) is 0 Å². The molecule has 0 bridgehead atoms. The summed E-state index contributed by atoms with van der Waals surface area (Å²) in [6, 6.07) is 0. The van der Waals surface area contributed by atoms with Crippen LogP contribution in [0.15, 0.2) is 12.2 Å². The molecule has 10 heavy (non-hydrogen) atoms. The van der Waals surface area contributed by atoms with Gasteiger partial charge in [0.15, 0.2) is 0 Å². The van der Waals surface area contributed by atoms with Gasteiger partial charge in [-0.05, 0) is 6.92 Å². The summed E-state index contributed by atoms with van der Waals surface area (Å²) in [7, 11) is 0. The zero-order chi connectivity index (χ0) is 7.82. The van der Waals surface area contributed by atoms with Crippen LogP contribution in [0, 0.1) is 0 Å². The quantitative estimate of drug-likeness (QED) is 0.421. The van der Waals surface area contributed by atoms with Crippen LogP contribution in [-0.2, 0) is 4.74 Å². The summed E-state index contributed by atoms with van der Waals surface area (Å²) in [5, 5.41) is 17.3. The highest BCUT2D eigenvalue weighted by Gasteiger charge is 1.95. The molecule has 0 spiro atoms. The standard InChI is InChI=1S/C7H14O3/c1-2-3-7(9)6-10-5-4-8/h2-3,7-9H,4-6H2,1H3. The first-order valence-corrected chi connectivity index (χ1v) is 3.30. The maximum Gasteiger partial charge on any atom is 0.0954 e. The van der Waals surface area contributed by atoms with E-state index in [2.05, 4.69) is 0 Å². The lowest BCUT2D eigenvalue weighted by Crippen LogP contribution is -2.13. The van der Waals surface area contributed by atoms with Gasteiger partial charge in [0.25, 0.3) is 0 Å². The zero-order valence-electron chi connectivity index (χ0n) is 6.16. The van der Waals surface area contributed by atoms with Crippen molar-refractivity contribution in [2.75, 3.05) is 19.8 Å². The molecular weight excluding hydrogens is 132 g/mol. The molecule has 1 atom stereocenters. The molecule has 0 aliphatic carbocycles. The van der Waals surface area contributed by atoms with Crippen LogP contribution in [-0.4, -0.2) is 36.1 Å². The number of rotatable bonds is 5. The number of aliphatic hydroxyl groups excluding tert-OH is 2. The van der Waals surface area contributed by atoms with Crippen molar-refractivity contribution in [2.45, 2.75) is 13.0 Å². The van der Waals surface area contributed by atoms with E-state index >= 15 is 0 Å². The lowest BCUT2D eigenvalue weighted by molar-refractivity contribution is 0.0399. The summed E-state index contributed by atoms with van der Waals surface area (Å²) in [5.74, 6) is 0. The van der Waals surface area contributed by atoms with Gasteiger partial charge in [0.1, 0.15) is 0 Å². The molecule has 0 radical (unpaired) electrons. The van der Waals surface area contributed by atoms with E-state index in [1.807, 2.05) is 6.92 Å². The van der Waals surface area contributed by atoms with Crippen molar-refractivity contribution in [3.63, 3.8) is 0 Å². The fourth-order valence-corrected chi connectivity index (χ4v) is 0.546. The molecule has 0 aromatic rings. The number of aliphatic hydroxyl groups is 2. The van der Waals surface area contributed by atoms with Gasteiger partial charge in [0.05, 0.1) is 25.9 Å². The minimum Gasteiger partial charge on any atom is -0.394 e. The highest BCUT2D eigenvalue weighted by atomic mass is 16.5. The molecule has 0 heterocycles. The Labute approximate surface area is 60.9 Å². The number of ether oxygens (including phenoxy) is 1. The van der Waals surface area contributed by atoms with Crippen molar-refractivity contribution in [3.8, 4) is 0 Å². The number of hydrogen-bond donors (Lipinski definition) is 2. The van der Waals surface area contributed by atoms with Crippen LogP contribution in [0.25, 0.3) is 0 Å². The van der Waals surface area contributed by atoms with E-state index in [9.17, 15) is 0 Å². The fourth-order valence-electron chi connectivity index (χ4n) is 0.546. The van der Waals surface area contributed by atoms with Crippen LogP contribution in [0.2, 0.25) is 0 Å². The van der Waals surface area contributed by atoms with Crippen molar-refractivity contribution in [3.05, 3.63) is 12.2 Å². The van der Waals surface area contributed by atoms with E-state index in [1.165, 1.54) is 0 Å². The lowest BCUT2D eigenvalue weighted by Gasteiger charge is -2.04. The lowest BCUT2D eigenvalue weighted by atomic mass is 10.3. The highest BCUT2D eigenvalue weighted by molar-refractivity contribution is 4.84. The maximum absolute atomic E-state index is 8.98. The third kappa shape index (κ3) is 5.75. The van der Waals surface area contributed by atoms with Crippen LogP contribution in [0.1, 0.15) is 6.92 Å². The first-order chi connectivity index (χ1) is 4.81. The second-order valence-electron chi connectivity index (χ2n) is 1.89. The first kappa shape index (κ1) is 9.62. The smallest absolute Gasteiger partial charge is 0.0954 e. The molecule has 0 fully saturated rings. The zero-order valence-corrected chi connectivity index (χ0v) is 6.16. The molecule has 0 aliphatic rings. The SMILES string of the molecule is CC=CC(O)COCCO. The Morgan fingerprint density at radius 1 is 1.60 bits per heavy atom. The molecule has 3 nitrogen and oxygen atoms in total. The molecule has 0 saturated heterocycles. The van der Waals surface area contributed by atoms with E-state index in [-0.39, 0.29) is 19.8 Å². The van der Waals surface area contributed by atoms with E-state index in [1.54, 1.807) is 12.2 Å². The predicted molar refractivity (Wildman–Crippen MR) is 38.7 cm³/mol. The van der Waals surface area contributed by atoms with Crippen LogP contribution in [0.4, 0.5) is 0 Å². The maximum atomic E-state index is 8.98. The largest absolute Gasteiger partial charge is 0.394 e. The molecule has 0 saturated carbocycles. The van der Waals surface area contributed by atoms with E-state index in [0.29, 0.717) is 0 Å². The number of allylic oxidation sites excluding steroid dienone is 1. The Hall–Kier alpha value is -0.380. The van der Waals surface area contributed by atoms with Gasteiger partial charge < -0.3 is 14.9 Å². The minimum absolute atomic E-state index is 0.00254. The number of hydrogen-bond acceptors (Lipinski definition) is 3. The van der Waals surface area contributed by atoms with Gasteiger partial charge >= 0.3 is 0 Å². The molecule has 60 valence electrons. The third-order valence-electron chi connectivity index (χ3n) is 0.939. The molecule has 2 N–H and O–H groups in total. The van der Waals surface area contributed by atoms with Crippen LogP contribution in [0.5, 0.6) is 0 Å². The summed E-state index contributed by atoms with van der Waals surface area (Å²) in [5.41, 5.74) is 0. The molecule has 3 heteroatoms. The van der Waals surface area contributed by atoms with Gasteiger partial charge in [0, 0.05) is 0 Å². The summed E-state index contributed by atoms with van der Waals surface area (Å²) in [6.45, 7) is 2.37. The van der Waals surface area contributed by atoms with Gasteiger partial charge in [-0.15, -0.1) is 0 Å². The Kier molecular flexibility index (Phi) is 6.48. The normalized spacial score (nSPS) is 14.3. The average Bonchev–Trinajstić information content (AvgIpc) is 1.89. The van der Waals surface area contributed by atoms with Crippen molar-refractivity contribution >= 4 is 0 Å². The molecule has 0 aromatic heterocycles. The van der Waals surface area contributed by atoms with Crippen LogP contribution < -0.4 is 0 Å². The first-order valence-electron chi connectivity index (χ1n) is 3.30. The van der Waals surface area contributed by atoms with Crippen LogP contribution >= 0.6 is 0 Å². The topological polar surface area (TPSA) is 49.7 Å². The summed E-state index contributed by atoms with van der Waals surface area (Å²) in [6.07, 6.45) is 2.85. The summed E-state index contributed by atoms with van der Waals surface area (Å²) >= 11 is 0. The Morgan fingerprint density at radius 3 is 2.80 bits per heavy atom. The van der Waals surface area contributed by atoms with Crippen molar-refractivity contribution < 1.29 is 14.9 Å². The Morgan fingerprint density at radius 2 is 2.30 bits per heavy atom. The summed E-state index contributed by atoms with van der Waals surface area (Å²) < 4.78 is 4.85. The minimum atomic E-state index is -0.545. The molecule has 0 rings (SSSR count). The van der Waals surface area contributed by atoms with Gasteiger partial charge in [-0.1, -0.05) is 12.2 Å². The molecule has 0 aromatic carbocycles. The van der Waals surface area contributed by atoms with Crippen molar-refractivity contribution in [1.82, 2.24) is 0 Å². The highest BCUT2D eigenvalue weighted by Crippen LogP contribution is 1.86. The second-order valence-corrected chi connectivity index (χ2v) is 1.89. The van der Waals surface area contributed by atoms with Gasteiger partial charge in [-0.3, -0.25) is 0 Å². The van der Waals surface area contributed by atoms with Gasteiger partial charge in [0.2, 0.25) is 0 Å². The second kappa shape index (κ2) is 6.74. The van der Waals surface area contributed by atoms with Gasteiger partial charge in [-0.25, -0.2) is 0 Å². The Bertz CT molecular complexity index is 90.9. The molecule has 0 aliphatic heterocycles. The molecule has 0 amide bonds. The average molecular weight is 146 g/mol. The van der Waals surface area contributed by atoms with E-state index in [4.69, 9.17) is 14.9 Å². The summed E-state index contributed by atoms with van der Waals surface area (Å²) in [4.78, 5) is 0. The van der Waals surface area contributed by atoms with Crippen molar-refractivity contribution in [2.24, 2.45) is 0 Å². The van der Waals surface area contributed by atoms with Crippen LogP contribution in [0.3, 0.4) is 0 Å². The monoisotopic (exact) mass is 146 g/mol. The predicted octanol–water partition coefficient (Wildman–Crippen LogP) is -0.0677. The molecular formula is C7H14O3. The van der Waals surface area contributed by atoms with E-state index in [0.717, 1.165) is 0 Å². The Balaban J connectivity index is 3.13. The van der Waals surface area contributed by atoms with E-state index < -0.39 is 6.10 Å². The van der Waals surface area contributed by atoms with Crippen molar-refractivity contribution in [1.29, 1.82) is 0 Å². The molecule has 1 unspecified atom stereocenters. The third-order valence-corrected chi connectivity index (χ3v) is 0.939. The fraction of sp³-hybridized carbons (Fsp3) is 0.714.